The van der Waals surface area contributed by atoms with Crippen LogP contribution in [0.1, 0.15) is 17.1 Å². The van der Waals surface area contributed by atoms with E-state index in [2.05, 4.69) is 15.4 Å². The Morgan fingerprint density at radius 3 is 2.90 bits per heavy atom. The lowest BCUT2D eigenvalue weighted by molar-refractivity contribution is 0.181. The second kappa shape index (κ2) is 6.60. The minimum Gasteiger partial charge on any atom is -0.378 e. The number of ether oxygens (including phenoxy) is 1. The van der Waals surface area contributed by atoms with E-state index < -0.39 is 5.82 Å². The Kier molecular flexibility index (Phi) is 4.84. The highest BCUT2D eigenvalue weighted by Gasteiger charge is 2.10. The summed E-state index contributed by atoms with van der Waals surface area (Å²) in [5.74, 6) is 5.78. The predicted molar refractivity (Wildman–Crippen MR) is 74.8 cm³/mol. The number of anilines is 1. The van der Waals surface area contributed by atoms with Crippen LogP contribution < -0.4 is 11.3 Å². The summed E-state index contributed by atoms with van der Waals surface area (Å²) in [7, 11) is 1.56. The molecule has 0 unspecified atom stereocenters. The van der Waals surface area contributed by atoms with Gasteiger partial charge in [-0.1, -0.05) is 23.7 Å². The number of methoxy groups -OCH3 is 1. The molecule has 0 saturated carbocycles. The van der Waals surface area contributed by atoms with Crippen LogP contribution in [0.5, 0.6) is 0 Å². The van der Waals surface area contributed by atoms with E-state index in [-0.39, 0.29) is 11.4 Å². The molecule has 0 radical (unpaired) electrons. The van der Waals surface area contributed by atoms with Crippen molar-refractivity contribution < 1.29 is 9.13 Å². The third-order valence-corrected chi connectivity index (χ3v) is 2.94. The van der Waals surface area contributed by atoms with Gasteiger partial charge in [-0.15, -0.1) is 0 Å². The van der Waals surface area contributed by atoms with Gasteiger partial charge in [0.05, 0.1) is 17.3 Å². The molecule has 0 aliphatic heterocycles. The summed E-state index contributed by atoms with van der Waals surface area (Å²) < 4.78 is 18.9. The van der Waals surface area contributed by atoms with Crippen LogP contribution in [0.4, 0.5) is 10.2 Å². The van der Waals surface area contributed by atoms with Crippen LogP contribution in [0.3, 0.4) is 0 Å². The number of hydrogen-bond donors (Lipinski definition) is 2. The van der Waals surface area contributed by atoms with E-state index in [1.54, 1.807) is 25.3 Å². The SMILES string of the molecule is COCc1cc(NN)nc(Cc2cccc(Cl)c2F)n1. The average molecular weight is 297 g/mol. The second-order valence-electron chi connectivity index (χ2n) is 4.13. The zero-order valence-electron chi connectivity index (χ0n) is 10.9. The van der Waals surface area contributed by atoms with Gasteiger partial charge in [0.1, 0.15) is 17.5 Å². The molecule has 2 aromatic rings. The van der Waals surface area contributed by atoms with Crippen LogP contribution in [0.25, 0.3) is 0 Å². The van der Waals surface area contributed by atoms with Crippen molar-refractivity contribution >= 4 is 17.4 Å². The molecule has 0 aliphatic carbocycles. The van der Waals surface area contributed by atoms with Crippen LogP contribution in [0.2, 0.25) is 5.02 Å². The third-order valence-electron chi connectivity index (χ3n) is 2.65. The van der Waals surface area contributed by atoms with Gasteiger partial charge in [-0.25, -0.2) is 20.2 Å². The molecule has 0 amide bonds. The Hall–Kier alpha value is -1.76. The van der Waals surface area contributed by atoms with Gasteiger partial charge in [-0.2, -0.15) is 0 Å². The molecule has 20 heavy (non-hydrogen) atoms. The zero-order chi connectivity index (χ0) is 14.5. The summed E-state index contributed by atoms with van der Waals surface area (Å²) in [6, 6.07) is 6.49. The van der Waals surface area contributed by atoms with Gasteiger partial charge < -0.3 is 10.2 Å². The fourth-order valence-corrected chi connectivity index (χ4v) is 1.98. The highest BCUT2D eigenvalue weighted by atomic mass is 35.5. The molecule has 5 nitrogen and oxygen atoms in total. The van der Waals surface area contributed by atoms with Gasteiger partial charge in [0.15, 0.2) is 0 Å². The molecular formula is C13H14ClFN4O. The van der Waals surface area contributed by atoms with E-state index in [9.17, 15) is 4.39 Å². The highest BCUT2D eigenvalue weighted by molar-refractivity contribution is 6.30. The smallest absolute Gasteiger partial charge is 0.145 e. The first-order chi connectivity index (χ1) is 9.63. The molecule has 0 fully saturated rings. The lowest BCUT2D eigenvalue weighted by Gasteiger charge is -2.08. The maximum absolute atomic E-state index is 13.9. The number of aromatic nitrogens is 2. The third kappa shape index (κ3) is 3.41. The minimum atomic E-state index is -0.461. The van der Waals surface area contributed by atoms with Crippen LogP contribution in [-0.2, 0) is 17.8 Å². The molecule has 3 N–H and O–H groups in total. The largest absolute Gasteiger partial charge is 0.378 e. The summed E-state index contributed by atoms with van der Waals surface area (Å²) in [6.45, 7) is 0.322. The van der Waals surface area contributed by atoms with Crippen LogP contribution in [0.15, 0.2) is 24.3 Å². The molecular weight excluding hydrogens is 283 g/mol. The van der Waals surface area contributed by atoms with Gasteiger partial charge >= 0.3 is 0 Å². The maximum atomic E-state index is 13.9. The molecule has 1 heterocycles. The zero-order valence-corrected chi connectivity index (χ0v) is 11.6. The van der Waals surface area contributed by atoms with Gasteiger partial charge in [0.2, 0.25) is 0 Å². The first-order valence-corrected chi connectivity index (χ1v) is 6.27. The summed E-state index contributed by atoms with van der Waals surface area (Å²) in [5, 5.41) is 0.0766. The first-order valence-electron chi connectivity index (χ1n) is 5.89. The van der Waals surface area contributed by atoms with E-state index in [1.807, 2.05) is 0 Å². The number of benzene rings is 1. The van der Waals surface area contributed by atoms with E-state index in [1.165, 1.54) is 6.07 Å². The molecule has 0 bridgehead atoms. The fraction of sp³-hybridized carbons (Fsp3) is 0.231. The van der Waals surface area contributed by atoms with Crippen molar-refractivity contribution in [2.24, 2.45) is 5.84 Å². The van der Waals surface area contributed by atoms with E-state index in [0.717, 1.165) is 0 Å². The Bertz CT molecular complexity index is 609. The quantitative estimate of drug-likeness (QED) is 0.654. The Morgan fingerprint density at radius 2 is 2.20 bits per heavy atom. The lowest BCUT2D eigenvalue weighted by Crippen LogP contribution is -2.12. The molecule has 1 aromatic heterocycles. The number of halogens is 2. The normalized spacial score (nSPS) is 10.6. The van der Waals surface area contributed by atoms with Crippen molar-refractivity contribution in [3.63, 3.8) is 0 Å². The Balaban J connectivity index is 2.32. The molecule has 0 aliphatic rings. The lowest BCUT2D eigenvalue weighted by atomic mass is 10.1. The fourth-order valence-electron chi connectivity index (χ4n) is 1.78. The number of nitrogens with one attached hydrogen (secondary N) is 1. The molecule has 106 valence electrons. The van der Waals surface area contributed by atoms with Gasteiger partial charge in [0, 0.05) is 19.6 Å². The van der Waals surface area contributed by atoms with Crippen molar-refractivity contribution in [3.05, 3.63) is 52.2 Å². The van der Waals surface area contributed by atoms with Crippen molar-refractivity contribution in [3.8, 4) is 0 Å². The standard InChI is InChI=1S/C13H14ClFN4O/c1-20-7-9-6-12(19-16)18-11(17-9)5-8-3-2-4-10(14)13(8)15/h2-4,6H,5,7,16H2,1H3,(H,17,18,19). The summed E-state index contributed by atoms with van der Waals surface area (Å²) in [6.07, 6.45) is 0.221. The van der Waals surface area contributed by atoms with Gasteiger partial charge in [0.25, 0.3) is 0 Å². The number of nitrogen functional groups attached to an aromatic ring is 1. The van der Waals surface area contributed by atoms with E-state index in [0.29, 0.717) is 29.5 Å². The maximum Gasteiger partial charge on any atom is 0.145 e. The van der Waals surface area contributed by atoms with Crippen molar-refractivity contribution in [1.29, 1.82) is 0 Å². The molecule has 2 rings (SSSR count). The first kappa shape index (κ1) is 14.6. The van der Waals surface area contributed by atoms with E-state index in [4.69, 9.17) is 22.2 Å². The monoisotopic (exact) mass is 296 g/mol. The van der Waals surface area contributed by atoms with Crippen LogP contribution in [-0.4, -0.2) is 17.1 Å². The van der Waals surface area contributed by atoms with Crippen LogP contribution >= 0.6 is 11.6 Å². The Labute approximate surface area is 120 Å². The second-order valence-corrected chi connectivity index (χ2v) is 4.54. The summed E-state index contributed by atoms with van der Waals surface area (Å²) in [5.41, 5.74) is 3.54. The van der Waals surface area contributed by atoms with E-state index >= 15 is 0 Å². The number of rotatable bonds is 5. The molecule has 0 atom stereocenters. The molecule has 0 saturated heterocycles. The molecule has 7 heteroatoms. The number of nitrogens with zero attached hydrogens (tertiary/aromatic N) is 2. The molecule has 1 aromatic carbocycles. The predicted octanol–water partition coefficient (Wildman–Crippen LogP) is 2.29. The van der Waals surface area contributed by atoms with Crippen molar-refractivity contribution in [2.45, 2.75) is 13.0 Å². The summed E-state index contributed by atoms with van der Waals surface area (Å²) in [4.78, 5) is 8.48. The number of hydrogen-bond acceptors (Lipinski definition) is 5. The number of nitrogens with two attached hydrogens (primary N) is 1. The van der Waals surface area contributed by atoms with Crippen molar-refractivity contribution in [1.82, 2.24) is 9.97 Å². The highest BCUT2D eigenvalue weighted by Crippen LogP contribution is 2.20. The topological polar surface area (TPSA) is 73.1 Å². The van der Waals surface area contributed by atoms with Gasteiger partial charge in [-0.05, 0) is 11.6 Å². The van der Waals surface area contributed by atoms with Crippen LogP contribution in [0, 0.1) is 5.82 Å². The minimum absolute atomic E-state index is 0.0766. The van der Waals surface area contributed by atoms with Gasteiger partial charge in [-0.3, -0.25) is 0 Å². The Morgan fingerprint density at radius 1 is 1.40 bits per heavy atom. The van der Waals surface area contributed by atoms with Crippen molar-refractivity contribution in [2.75, 3.05) is 12.5 Å². The molecule has 0 spiro atoms. The summed E-state index contributed by atoms with van der Waals surface area (Å²) >= 11 is 5.75. The number of hydrazine groups is 1. The average Bonchev–Trinajstić information content (AvgIpc) is 2.44.